The van der Waals surface area contributed by atoms with Gasteiger partial charge in [-0.25, -0.2) is 0 Å². The second kappa shape index (κ2) is 8.06. The number of ether oxygens (including phenoxy) is 2. The average molecular weight is 413 g/mol. The van der Waals surface area contributed by atoms with Crippen LogP contribution in [0.25, 0.3) is 0 Å². The predicted octanol–water partition coefficient (Wildman–Crippen LogP) is 3.31. The Morgan fingerprint density at radius 2 is 2.00 bits per heavy atom. The third kappa shape index (κ3) is 3.62. The molecule has 1 N–H and O–H groups in total. The first-order chi connectivity index (χ1) is 14.3. The van der Waals surface area contributed by atoms with E-state index >= 15 is 0 Å². The van der Waals surface area contributed by atoms with Gasteiger partial charge in [0.25, 0.3) is 0 Å². The van der Waals surface area contributed by atoms with Crippen molar-refractivity contribution in [2.24, 2.45) is 17.8 Å². The lowest BCUT2D eigenvalue weighted by molar-refractivity contribution is -0.132. The molecule has 4 rings (SSSR count). The molecule has 1 aromatic carbocycles. The molecule has 5 atom stereocenters. The van der Waals surface area contributed by atoms with Crippen LogP contribution < -0.4 is 15.0 Å². The Labute approximate surface area is 178 Å². The molecule has 0 unspecified atom stereocenters. The van der Waals surface area contributed by atoms with Crippen LogP contribution in [0, 0.1) is 17.8 Å². The number of carbonyl (C=O) groups excluding carboxylic acids is 2. The molecule has 3 aliphatic rings. The van der Waals surface area contributed by atoms with Crippen LogP contribution >= 0.6 is 0 Å². The minimum absolute atomic E-state index is 0.0420. The molecule has 2 fully saturated rings. The van der Waals surface area contributed by atoms with Gasteiger partial charge in [0.15, 0.2) is 0 Å². The molecule has 3 heterocycles. The Kier molecular flexibility index (Phi) is 5.62. The number of nitrogens with one attached hydrogen (secondary N) is 1. The molecule has 1 spiro atoms. The summed E-state index contributed by atoms with van der Waals surface area (Å²) in [6.45, 7) is 6.89. The fraction of sp³-hybridized carbons (Fsp3) is 0.583. The van der Waals surface area contributed by atoms with E-state index in [9.17, 15) is 9.59 Å². The highest BCUT2D eigenvalue weighted by atomic mass is 16.5. The van der Waals surface area contributed by atoms with Crippen LogP contribution in [0.5, 0.6) is 5.75 Å². The molecule has 162 valence electrons. The zero-order valence-corrected chi connectivity index (χ0v) is 18.3. The third-order valence-corrected chi connectivity index (χ3v) is 6.59. The molecule has 6 heteroatoms. The van der Waals surface area contributed by atoms with Crippen LogP contribution in [0.3, 0.4) is 0 Å². The molecule has 2 amide bonds. The van der Waals surface area contributed by atoms with Gasteiger partial charge in [0.05, 0.1) is 31.6 Å². The number of amides is 2. The summed E-state index contributed by atoms with van der Waals surface area (Å²) in [5, 5.41) is 3.14. The Morgan fingerprint density at radius 1 is 1.27 bits per heavy atom. The highest BCUT2D eigenvalue weighted by molar-refractivity contribution is 6.03. The number of fused-ring (bicyclic) bond motifs is 1. The smallest absolute Gasteiger partial charge is 0.234 e. The van der Waals surface area contributed by atoms with E-state index in [1.54, 1.807) is 12.0 Å². The first kappa shape index (κ1) is 20.9. The maximum Gasteiger partial charge on any atom is 0.234 e. The first-order valence-electron chi connectivity index (χ1n) is 11.0. The zero-order valence-electron chi connectivity index (χ0n) is 18.3. The summed E-state index contributed by atoms with van der Waals surface area (Å²) in [6, 6.07) is 7.51. The molecule has 30 heavy (non-hydrogen) atoms. The summed E-state index contributed by atoms with van der Waals surface area (Å²) in [4.78, 5) is 28.3. The Bertz CT molecular complexity index is 834. The molecule has 2 saturated heterocycles. The number of carbonyl (C=O) groups is 2. The highest BCUT2D eigenvalue weighted by Crippen LogP contribution is 2.52. The van der Waals surface area contributed by atoms with E-state index in [1.165, 1.54) is 0 Å². The number of hydrogen-bond acceptors (Lipinski definition) is 4. The van der Waals surface area contributed by atoms with Crippen molar-refractivity contribution in [3.63, 3.8) is 0 Å². The Morgan fingerprint density at radius 3 is 2.67 bits per heavy atom. The summed E-state index contributed by atoms with van der Waals surface area (Å²) >= 11 is 0. The van der Waals surface area contributed by atoms with Crippen molar-refractivity contribution < 1.29 is 19.1 Å². The van der Waals surface area contributed by atoms with Crippen molar-refractivity contribution in [2.45, 2.75) is 57.8 Å². The van der Waals surface area contributed by atoms with Gasteiger partial charge < -0.3 is 19.7 Å². The first-order valence-corrected chi connectivity index (χ1v) is 11.0. The number of anilines is 1. The lowest BCUT2D eigenvalue weighted by Gasteiger charge is -2.25. The molecule has 0 radical (unpaired) electrons. The lowest BCUT2D eigenvalue weighted by Crippen LogP contribution is -2.46. The second-order valence-corrected chi connectivity index (χ2v) is 9.26. The van der Waals surface area contributed by atoms with Gasteiger partial charge in [0, 0.05) is 11.7 Å². The van der Waals surface area contributed by atoms with Gasteiger partial charge >= 0.3 is 0 Å². The van der Waals surface area contributed by atoms with Crippen LogP contribution in [0.15, 0.2) is 36.4 Å². The van der Waals surface area contributed by atoms with E-state index in [-0.39, 0.29) is 24.0 Å². The van der Waals surface area contributed by atoms with Gasteiger partial charge in [-0.15, -0.1) is 0 Å². The van der Waals surface area contributed by atoms with E-state index < -0.39 is 17.4 Å². The quantitative estimate of drug-likeness (QED) is 0.665. The fourth-order valence-electron chi connectivity index (χ4n) is 5.02. The van der Waals surface area contributed by atoms with Crippen LogP contribution in [-0.4, -0.2) is 43.2 Å². The van der Waals surface area contributed by atoms with Crippen molar-refractivity contribution in [2.75, 3.05) is 18.6 Å². The van der Waals surface area contributed by atoms with E-state index in [0.717, 1.165) is 30.7 Å². The maximum absolute atomic E-state index is 13.4. The standard InChI is InChI=1S/C24H32N2O4/c1-15(2)6-5-7-16(3)25-22(27)20-19-12-13-24(30-19)14-26(23(28)21(20)24)17-8-10-18(29-4)11-9-17/h8-13,15-16,19-21H,5-7,14H2,1-4H3,(H,25,27)/t16-,19-,20-,21+,24-/m0/s1. The third-order valence-electron chi connectivity index (χ3n) is 6.59. The molecular formula is C24H32N2O4. The van der Waals surface area contributed by atoms with Crippen molar-refractivity contribution in [3.05, 3.63) is 36.4 Å². The van der Waals surface area contributed by atoms with Crippen LogP contribution in [-0.2, 0) is 14.3 Å². The van der Waals surface area contributed by atoms with Crippen LogP contribution in [0.2, 0.25) is 0 Å². The van der Waals surface area contributed by atoms with Gasteiger partial charge in [-0.05, 0) is 43.5 Å². The zero-order chi connectivity index (χ0) is 21.5. The number of hydrogen-bond donors (Lipinski definition) is 1. The van der Waals surface area contributed by atoms with Crippen LogP contribution in [0.1, 0.15) is 40.0 Å². The molecule has 2 bridgehead atoms. The molecule has 0 saturated carbocycles. The summed E-state index contributed by atoms with van der Waals surface area (Å²) in [7, 11) is 1.61. The lowest BCUT2D eigenvalue weighted by atomic mass is 9.76. The van der Waals surface area contributed by atoms with Gasteiger partial charge in [-0.3, -0.25) is 9.59 Å². The molecule has 6 nitrogen and oxygen atoms in total. The number of nitrogens with zero attached hydrogens (tertiary/aromatic N) is 1. The predicted molar refractivity (Wildman–Crippen MR) is 115 cm³/mol. The Balaban J connectivity index is 1.47. The van der Waals surface area contributed by atoms with Crippen molar-refractivity contribution in [3.8, 4) is 5.75 Å². The summed E-state index contributed by atoms with van der Waals surface area (Å²) < 4.78 is 11.4. The van der Waals surface area contributed by atoms with Crippen LogP contribution in [0.4, 0.5) is 5.69 Å². The van der Waals surface area contributed by atoms with E-state index in [2.05, 4.69) is 19.2 Å². The normalized spacial score (nSPS) is 30.1. The average Bonchev–Trinajstić information content (AvgIpc) is 3.36. The summed E-state index contributed by atoms with van der Waals surface area (Å²) in [5.41, 5.74) is 0.0936. The van der Waals surface area contributed by atoms with Gasteiger partial charge in [-0.2, -0.15) is 0 Å². The van der Waals surface area contributed by atoms with Gasteiger partial charge in [0.2, 0.25) is 11.8 Å². The van der Waals surface area contributed by atoms with E-state index in [4.69, 9.17) is 9.47 Å². The van der Waals surface area contributed by atoms with Crippen molar-refractivity contribution >= 4 is 17.5 Å². The largest absolute Gasteiger partial charge is 0.497 e. The highest BCUT2D eigenvalue weighted by Gasteiger charge is 2.67. The SMILES string of the molecule is COc1ccc(N2C[C@]34C=C[C@H](O3)[C@H](C(=O)N[C@@H](C)CCCC(C)C)[C@@H]4C2=O)cc1. The molecular weight excluding hydrogens is 380 g/mol. The molecule has 0 aliphatic carbocycles. The second-order valence-electron chi connectivity index (χ2n) is 9.26. The topological polar surface area (TPSA) is 67.9 Å². The number of benzene rings is 1. The summed E-state index contributed by atoms with van der Waals surface area (Å²) in [5.74, 6) is 0.343. The van der Waals surface area contributed by atoms with E-state index in [0.29, 0.717) is 12.5 Å². The minimum Gasteiger partial charge on any atom is -0.497 e. The fourth-order valence-corrected chi connectivity index (χ4v) is 5.02. The van der Waals surface area contributed by atoms with E-state index in [1.807, 2.05) is 43.3 Å². The van der Waals surface area contributed by atoms with Crippen molar-refractivity contribution in [1.29, 1.82) is 0 Å². The van der Waals surface area contributed by atoms with Gasteiger partial charge in [0.1, 0.15) is 11.4 Å². The molecule has 1 aromatic rings. The summed E-state index contributed by atoms with van der Waals surface area (Å²) in [6.07, 6.45) is 6.80. The monoisotopic (exact) mass is 412 g/mol. The maximum atomic E-state index is 13.4. The van der Waals surface area contributed by atoms with Crippen molar-refractivity contribution in [1.82, 2.24) is 5.32 Å². The van der Waals surface area contributed by atoms with Gasteiger partial charge in [-0.1, -0.05) is 38.8 Å². The molecule has 3 aliphatic heterocycles. The minimum atomic E-state index is -0.704. The number of rotatable bonds is 8. The molecule has 0 aromatic heterocycles. The number of methoxy groups -OCH3 is 1. The Hall–Kier alpha value is -2.34.